The Kier molecular flexibility index (Phi) is 32.1. The molecule has 0 saturated carbocycles. The Morgan fingerprint density at radius 1 is 0.652 bits per heavy atom. The standard InChI is InChI=1S/C40H68O6/c1-4-37(42)31-27-23-19-15-11-7-5-6-8-12-17-21-25-29-33-40(44)46-38(34-41)35-45-39(43)32-28-24-20-16-13-9-10-14-18-22-26-30-36(2)3/h6-8,11,17,19,21,23,27,31,36-38,41-42H,4-5,9-10,12-16,18,20,22,24-26,28-30,32-35H2,1-3H3/b8-6-,11-7-,21-17-,23-19-,31-27+/t37-,38+/m1/s1. The number of carbonyl (C=O) groups is 2. The minimum absolute atomic E-state index is 0.0991. The van der Waals surface area contributed by atoms with Gasteiger partial charge in [-0.05, 0) is 50.9 Å². The number of esters is 2. The van der Waals surface area contributed by atoms with Crippen LogP contribution in [0.1, 0.15) is 149 Å². The summed E-state index contributed by atoms with van der Waals surface area (Å²) in [6, 6.07) is 0. The lowest BCUT2D eigenvalue weighted by Crippen LogP contribution is -2.28. The average molecular weight is 645 g/mol. The quantitative estimate of drug-likeness (QED) is 0.0338. The van der Waals surface area contributed by atoms with Gasteiger partial charge in [0.15, 0.2) is 6.10 Å². The van der Waals surface area contributed by atoms with Crippen LogP contribution < -0.4 is 0 Å². The van der Waals surface area contributed by atoms with Crippen molar-refractivity contribution in [2.75, 3.05) is 13.2 Å². The fourth-order valence-corrected chi connectivity index (χ4v) is 4.72. The second kappa shape index (κ2) is 33.9. The fourth-order valence-electron chi connectivity index (χ4n) is 4.72. The Labute approximate surface area is 282 Å². The Morgan fingerprint density at radius 3 is 1.74 bits per heavy atom. The van der Waals surface area contributed by atoms with Crippen LogP contribution in [0.5, 0.6) is 0 Å². The molecule has 0 aromatic rings. The number of carbonyl (C=O) groups excluding carboxylic acids is 2. The largest absolute Gasteiger partial charge is 0.462 e. The Bertz CT molecular complexity index is 854. The predicted octanol–water partition coefficient (Wildman–Crippen LogP) is 10.1. The molecule has 0 aliphatic carbocycles. The highest BCUT2D eigenvalue weighted by atomic mass is 16.6. The van der Waals surface area contributed by atoms with Crippen molar-refractivity contribution < 1.29 is 29.3 Å². The Morgan fingerprint density at radius 2 is 1.17 bits per heavy atom. The second-order valence-corrected chi connectivity index (χ2v) is 12.6. The molecule has 0 aliphatic heterocycles. The van der Waals surface area contributed by atoms with Crippen LogP contribution in [-0.2, 0) is 19.1 Å². The van der Waals surface area contributed by atoms with Gasteiger partial charge in [-0.2, -0.15) is 0 Å². The molecule has 0 radical (unpaired) electrons. The first-order chi connectivity index (χ1) is 22.4. The first-order valence-corrected chi connectivity index (χ1v) is 18.3. The lowest BCUT2D eigenvalue weighted by atomic mass is 10.0. The summed E-state index contributed by atoms with van der Waals surface area (Å²) in [5, 5.41) is 19.0. The summed E-state index contributed by atoms with van der Waals surface area (Å²) in [5.41, 5.74) is 0. The third kappa shape index (κ3) is 32.9. The van der Waals surface area contributed by atoms with E-state index < -0.39 is 6.10 Å². The summed E-state index contributed by atoms with van der Waals surface area (Å²) in [6.45, 7) is 6.08. The number of unbranched alkanes of at least 4 members (excludes halogenated alkanes) is 11. The van der Waals surface area contributed by atoms with E-state index >= 15 is 0 Å². The van der Waals surface area contributed by atoms with E-state index in [0.29, 0.717) is 12.8 Å². The SMILES string of the molecule is CC[C@@H](O)/C=C/C=C\C/C=C\C/C=C\C/C=C\CCCC(=O)O[C@@H](CO)COC(=O)CCCCCCCCCCCCCC(C)C. The van der Waals surface area contributed by atoms with Crippen LogP contribution in [0.2, 0.25) is 0 Å². The molecule has 2 atom stereocenters. The minimum Gasteiger partial charge on any atom is -0.462 e. The maximum Gasteiger partial charge on any atom is 0.306 e. The van der Waals surface area contributed by atoms with Crippen molar-refractivity contribution in [2.24, 2.45) is 5.92 Å². The molecule has 0 spiro atoms. The number of allylic oxidation sites excluding steroid dienone is 9. The summed E-state index contributed by atoms with van der Waals surface area (Å²) in [4.78, 5) is 24.2. The molecule has 264 valence electrons. The summed E-state index contributed by atoms with van der Waals surface area (Å²) in [7, 11) is 0. The van der Waals surface area contributed by atoms with Crippen molar-refractivity contribution >= 4 is 11.9 Å². The molecule has 0 unspecified atom stereocenters. The van der Waals surface area contributed by atoms with E-state index in [1.807, 2.05) is 19.1 Å². The molecular weight excluding hydrogens is 576 g/mol. The van der Waals surface area contributed by atoms with Gasteiger partial charge in [0.05, 0.1) is 12.7 Å². The smallest absolute Gasteiger partial charge is 0.306 e. The zero-order valence-corrected chi connectivity index (χ0v) is 29.6. The maximum absolute atomic E-state index is 12.1. The van der Waals surface area contributed by atoms with Crippen LogP contribution in [0.15, 0.2) is 60.8 Å². The average Bonchev–Trinajstić information content (AvgIpc) is 3.04. The van der Waals surface area contributed by atoms with Crippen molar-refractivity contribution in [3.8, 4) is 0 Å². The number of aliphatic hydroxyl groups is 2. The fraction of sp³-hybridized carbons (Fsp3) is 0.700. The molecule has 0 heterocycles. The Balaban J connectivity index is 3.72. The molecule has 0 aromatic heterocycles. The second-order valence-electron chi connectivity index (χ2n) is 12.6. The number of hydrogen-bond acceptors (Lipinski definition) is 6. The van der Waals surface area contributed by atoms with Gasteiger partial charge < -0.3 is 19.7 Å². The van der Waals surface area contributed by atoms with Crippen LogP contribution in [0.4, 0.5) is 0 Å². The summed E-state index contributed by atoms with van der Waals surface area (Å²) < 4.78 is 10.5. The van der Waals surface area contributed by atoms with Crippen LogP contribution >= 0.6 is 0 Å². The zero-order valence-electron chi connectivity index (χ0n) is 29.6. The third-order valence-electron chi connectivity index (χ3n) is 7.66. The predicted molar refractivity (Wildman–Crippen MR) is 192 cm³/mol. The first-order valence-electron chi connectivity index (χ1n) is 18.3. The van der Waals surface area contributed by atoms with Gasteiger partial charge in [-0.3, -0.25) is 9.59 Å². The van der Waals surface area contributed by atoms with Crippen LogP contribution in [0, 0.1) is 5.92 Å². The van der Waals surface area contributed by atoms with Gasteiger partial charge in [0.2, 0.25) is 0 Å². The van der Waals surface area contributed by atoms with Crippen LogP contribution in [0.3, 0.4) is 0 Å². The van der Waals surface area contributed by atoms with Gasteiger partial charge in [0, 0.05) is 12.8 Å². The zero-order chi connectivity index (χ0) is 33.9. The maximum atomic E-state index is 12.1. The lowest BCUT2D eigenvalue weighted by Gasteiger charge is -2.15. The van der Waals surface area contributed by atoms with Crippen molar-refractivity contribution in [3.63, 3.8) is 0 Å². The third-order valence-corrected chi connectivity index (χ3v) is 7.66. The normalized spacial score (nSPS) is 13.7. The first kappa shape index (κ1) is 43.6. The molecule has 2 N–H and O–H groups in total. The van der Waals surface area contributed by atoms with Crippen LogP contribution in [0.25, 0.3) is 0 Å². The van der Waals surface area contributed by atoms with E-state index in [1.54, 1.807) is 6.08 Å². The van der Waals surface area contributed by atoms with Crippen molar-refractivity contribution in [3.05, 3.63) is 60.8 Å². The monoisotopic (exact) mass is 645 g/mol. The number of ether oxygens (including phenoxy) is 2. The van der Waals surface area contributed by atoms with Gasteiger partial charge in [-0.1, -0.05) is 152 Å². The molecule has 6 heteroatoms. The topological polar surface area (TPSA) is 93.1 Å². The molecule has 0 aromatic carbocycles. The highest BCUT2D eigenvalue weighted by molar-refractivity contribution is 5.70. The molecule has 0 aliphatic rings. The summed E-state index contributed by atoms with van der Waals surface area (Å²) >= 11 is 0. The van der Waals surface area contributed by atoms with Gasteiger partial charge in [0.25, 0.3) is 0 Å². The van der Waals surface area contributed by atoms with Crippen molar-refractivity contribution in [2.45, 2.75) is 161 Å². The molecule has 46 heavy (non-hydrogen) atoms. The highest BCUT2D eigenvalue weighted by Crippen LogP contribution is 2.14. The van der Waals surface area contributed by atoms with E-state index in [2.05, 4.69) is 56.4 Å². The molecular formula is C40H68O6. The van der Waals surface area contributed by atoms with Crippen LogP contribution in [-0.4, -0.2) is 47.6 Å². The number of rotatable bonds is 31. The minimum atomic E-state index is -0.811. The highest BCUT2D eigenvalue weighted by Gasteiger charge is 2.15. The molecule has 0 rings (SSSR count). The molecule has 0 bridgehead atoms. The van der Waals surface area contributed by atoms with Gasteiger partial charge >= 0.3 is 11.9 Å². The number of hydrogen-bond donors (Lipinski definition) is 2. The molecule has 6 nitrogen and oxygen atoms in total. The molecule has 0 amide bonds. The summed E-state index contributed by atoms with van der Waals surface area (Å²) in [6.07, 6.45) is 39.5. The van der Waals surface area contributed by atoms with Gasteiger partial charge in [0.1, 0.15) is 6.61 Å². The molecule has 0 fully saturated rings. The van der Waals surface area contributed by atoms with Gasteiger partial charge in [-0.25, -0.2) is 0 Å². The van der Waals surface area contributed by atoms with Gasteiger partial charge in [-0.15, -0.1) is 0 Å². The summed E-state index contributed by atoms with van der Waals surface area (Å²) in [5.74, 6) is 0.144. The van der Waals surface area contributed by atoms with E-state index in [-0.39, 0.29) is 37.7 Å². The van der Waals surface area contributed by atoms with Crippen molar-refractivity contribution in [1.82, 2.24) is 0 Å². The van der Waals surface area contributed by atoms with E-state index in [1.165, 1.54) is 57.8 Å². The lowest BCUT2D eigenvalue weighted by molar-refractivity contribution is -0.161. The van der Waals surface area contributed by atoms with Crippen molar-refractivity contribution in [1.29, 1.82) is 0 Å². The van der Waals surface area contributed by atoms with E-state index in [4.69, 9.17) is 9.47 Å². The number of aliphatic hydroxyl groups excluding tert-OH is 2. The molecule has 0 saturated heterocycles. The van der Waals surface area contributed by atoms with E-state index in [0.717, 1.165) is 57.3 Å². The Hall–Kier alpha value is -2.44. The van der Waals surface area contributed by atoms with E-state index in [9.17, 15) is 19.8 Å².